The van der Waals surface area contributed by atoms with E-state index in [4.69, 9.17) is 0 Å². The summed E-state index contributed by atoms with van der Waals surface area (Å²) in [5, 5.41) is 16.8. The number of hydrogen-bond acceptors (Lipinski definition) is 1. The molecule has 0 heterocycles. The first-order chi connectivity index (χ1) is 18.2. The van der Waals surface area contributed by atoms with Gasteiger partial charge in [-0.1, -0.05) is 125 Å². The maximum atomic E-state index is 11.6. The van der Waals surface area contributed by atoms with Gasteiger partial charge in [0.15, 0.2) is 5.76 Å². The van der Waals surface area contributed by atoms with Crippen molar-refractivity contribution in [3.8, 4) is 0 Å². The van der Waals surface area contributed by atoms with Gasteiger partial charge >= 0.3 is 0 Å². The summed E-state index contributed by atoms with van der Waals surface area (Å²) < 4.78 is 0.993. The molecule has 0 radical (unpaired) electrons. The molecule has 0 unspecified atom stereocenters. The summed E-state index contributed by atoms with van der Waals surface area (Å²) >= 11 is 3.52. The van der Waals surface area contributed by atoms with E-state index in [0.717, 1.165) is 15.9 Å². The molecule has 0 bridgehead atoms. The first-order valence-corrected chi connectivity index (χ1v) is 16.6. The second-order valence-corrected chi connectivity index (χ2v) is 15.8. The maximum Gasteiger partial charge on any atom is 0.158 e. The molecule has 4 heteroatoms. The minimum absolute atomic E-state index is 0.324. The minimum atomic E-state index is -2.22. The van der Waals surface area contributed by atoms with Crippen molar-refractivity contribution in [2.75, 3.05) is 5.90 Å². The van der Waals surface area contributed by atoms with Crippen LogP contribution in [0.4, 0.5) is 0 Å². The Balaban J connectivity index is 1.76. The molecule has 0 atom stereocenters. The number of aliphatic hydroxyl groups excluding tert-OH is 1. The SMILES string of the molecule is O/C(=C\[P+](CP(c1ccccc1)c1ccccc1)(c1ccccc1)c1ccccc1)c1ccc(Br)cc1. The molecule has 5 aromatic rings. The van der Waals surface area contributed by atoms with Crippen LogP contribution in [-0.2, 0) is 0 Å². The predicted octanol–water partition coefficient (Wildman–Crippen LogP) is 8.06. The number of benzene rings is 5. The minimum Gasteiger partial charge on any atom is -0.504 e. The molecule has 5 rings (SSSR count). The molecule has 0 aliphatic carbocycles. The molecule has 0 spiro atoms. The lowest BCUT2D eigenvalue weighted by Gasteiger charge is -2.29. The molecule has 182 valence electrons. The Hall–Kier alpha value is -3.02. The van der Waals surface area contributed by atoms with E-state index in [2.05, 4.69) is 143 Å². The zero-order chi connectivity index (χ0) is 25.5. The molecule has 1 N–H and O–H groups in total. The Bertz CT molecular complexity index is 1360. The molecule has 0 aromatic heterocycles. The smallest absolute Gasteiger partial charge is 0.158 e. The standard InChI is InChI=1S/C33H27BrOP2/c34-28-23-21-27(22-24-28)33(35)25-37(31-17-9-3-10-18-31,32-19-11-4-12-20-32)26-36(29-13-5-1-6-14-29)30-15-7-2-8-16-30/h1-25H,26H2/p+1/b33-25-. The second-order valence-electron chi connectivity index (χ2n) is 8.80. The van der Waals surface area contributed by atoms with Crippen molar-refractivity contribution in [2.45, 2.75) is 0 Å². The summed E-state index contributed by atoms with van der Waals surface area (Å²) in [7, 11) is -2.92. The van der Waals surface area contributed by atoms with E-state index in [-0.39, 0.29) is 0 Å². The Morgan fingerprint density at radius 3 is 1.43 bits per heavy atom. The molecular formula is C33H28BrOP2+. The summed E-state index contributed by atoms with van der Waals surface area (Å²) in [5.41, 5.74) is 0.822. The van der Waals surface area contributed by atoms with Crippen molar-refractivity contribution in [2.24, 2.45) is 0 Å². The number of rotatable bonds is 8. The average Bonchev–Trinajstić information content (AvgIpc) is 2.97. The monoisotopic (exact) mass is 581 g/mol. The van der Waals surface area contributed by atoms with Gasteiger partial charge < -0.3 is 5.11 Å². The van der Waals surface area contributed by atoms with Crippen LogP contribution in [0.3, 0.4) is 0 Å². The lowest BCUT2D eigenvalue weighted by molar-refractivity contribution is 0.513. The Labute approximate surface area is 229 Å². The Morgan fingerprint density at radius 2 is 1.00 bits per heavy atom. The van der Waals surface area contributed by atoms with E-state index in [0.29, 0.717) is 5.76 Å². The average molecular weight is 582 g/mol. The Kier molecular flexibility index (Phi) is 8.32. The first kappa shape index (κ1) is 25.6. The van der Waals surface area contributed by atoms with Gasteiger partial charge in [0.1, 0.15) is 23.7 Å². The number of aliphatic hydroxyl groups is 1. The van der Waals surface area contributed by atoms with E-state index in [9.17, 15) is 5.11 Å². The van der Waals surface area contributed by atoms with Crippen molar-refractivity contribution in [3.05, 3.63) is 161 Å². The third-order valence-corrected chi connectivity index (χ3v) is 14.8. The van der Waals surface area contributed by atoms with Gasteiger partial charge in [-0.15, -0.1) is 0 Å². The normalized spacial score (nSPS) is 12.0. The number of hydrogen-bond donors (Lipinski definition) is 1. The van der Waals surface area contributed by atoms with Crippen LogP contribution in [0.15, 0.2) is 156 Å². The van der Waals surface area contributed by atoms with Crippen LogP contribution in [-0.4, -0.2) is 11.0 Å². The number of halogens is 1. The lowest BCUT2D eigenvalue weighted by Crippen LogP contribution is -2.26. The van der Waals surface area contributed by atoms with Crippen LogP contribution in [0, 0.1) is 0 Å². The quantitative estimate of drug-likeness (QED) is 0.145. The van der Waals surface area contributed by atoms with Crippen LogP contribution in [0.5, 0.6) is 0 Å². The van der Waals surface area contributed by atoms with E-state index < -0.39 is 15.2 Å². The van der Waals surface area contributed by atoms with Gasteiger partial charge in [0.2, 0.25) is 0 Å². The van der Waals surface area contributed by atoms with Crippen LogP contribution in [0.1, 0.15) is 5.56 Å². The topological polar surface area (TPSA) is 20.2 Å². The summed E-state index contributed by atoms with van der Waals surface area (Å²) in [5.74, 6) is 3.43. The van der Waals surface area contributed by atoms with E-state index >= 15 is 0 Å². The third-order valence-electron chi connectivity index (χ3n) is 6.42. The molecule has 0 fully saturated rings. The van der Waals surface area contributed by atoms with Gasteiger partial charge in [-0.25, -0.2) is 0 Å². The van der Waals surface area contributed by atoms with Crippen molar-refractivity contribution in [3.63, 3.8) is 0 Å². The fourth-order valence-electron chi connectivity index (χ4n) is 4.55. The maximum absolute atomic E-state index is 11.6. The highest BCUT2D eigenvalue weighted by atomic mass is 79.9. The summed E-state index contributed by atoms with van der Waals surface area (Å²) in [6.45, 7) is 0. The van der Waals surface area contributed by atoms with Crippen molar-refractivity contribution in [1.29, 1.82) is 0 Å². The van der Waals surface area contributed by atoms with Gasteiger partial charge in [0.05, 0.1) is 5.90 Å². The van der Waals surface area contributed by atoms with Crippen LogP contribution in [0.25, 0.3) is 5.76 Å². The summed E-state index contributed by atoms with van der Waals surface area (Å²) in [6.07, 6.45) is 0. The van der Waals surface area contributed by atoms with E-state index in [1.54, 1.807) is 0 Å². The molecule has 1 nitrogen and oxygen atoms in total. The van der Waals surface area contributed by atoms with Crippen molar-refractivity contribution < 1.29 is 5.11 Å². The molecule has 0 aliphatic heterocycles. The predicted molar refractivity (Wildman–Crippen MR) is 168 cm³/mol. The highest BCUT2D eigenvalue weighted by Gasteiger charge is 2.45. The fourth-order valence-corrected chi connectivity index (χ4v) is 13.5. The van der Waals surface area contributed by atoms with Gasteiger partial charge in [-0.3, -0.25) is 0 Å². The third kappa shape index (κ3) is 5.94. The van der Waals surface area contributed by atoms with Gasteiger partial charge in [0.25, 0.3) is 0 Å². The van der Waals surface area contributed by atoms with Crippen LogP contribution >= 0.6 is 31.1 Å². The lowest BCUT2D eigenvalue weighted by atomic mass is 10.2. The zero-order valence-corrected chi connectivity index (χ0v) is 23.7. The highest BCUT2D eigenvalue weighted by Crippen LogP contribution is 2.65. The van der Waals surface area contributed by atoms with E-state index in [1.807, 2.05) is 24.3 Å². The van der Waals surface area contributed by atoms with Crippen LogP contribution < -0.4 is 21.2 Å². The largest absolute Gasteiger partial charge is 0.504 e. The highest BCUT2D eigenvalue weighted by molar-refractivity contribution is 9.10. The molecule has 5 aromatic carbocycles. The fraction of sp³-hybridized carbons (Fsp3) is 0.0303. The zero-order valence-electron chi connectivity index (χ0n) is 20.4. The molecule has 37 heavy (non-hydrogen) atoms. The molecule has 0 aliphatic rings. The molecule has 0 saturated carbocycles. The van der Waals surface area contributed by atoms with Crippen LogP contribution in [0.2, 0.25) is 0 Å². The second kappa shape index (κ2) is 12.0. The first-order valence-electron chi connectivity index (χ1n) is 12.2. The summed E-state index contributed by atoms with van der Waals surface area (Å²) in [4.78, 5) is 0. The van der Waals surface area contributed by atoms with Crippen molar-refractivity contribution >= 4 is 58.1 Å². The van der Waals surface area contributed by atoms with Gasteiger partial charge in [-0.2, -0.15) is 0 Å². The van der Waals surface area contributed by atoms with Gasteiger partial charge in [-0.05, 0) is 54.9 Å². The molecule has 0 amide bonds. The van der Waals surface area contributed by atoms with E-state index in [1.165, 1.54) is 21.2 Å². The molecule has 0 saturated heterocycles. The summed E-state index contributed by atoms with van der Waals surface area (Å²) in [6, 6.07) is 51.1. The molecular weight excluding hydrogens is 554 g/mol. The Morgan fingerprint density at radius 1 is 0.595 bits per heavy atom. The van der Waals surface area contributed by atoms with Gasteiger partial charge in [0, 0.05) is 10.0 Å². The van der Waals surface area contributed by atoms with Crippen molar-refractivity contribution in [1.82, 2.24) is 0 Å².